The molecule has 0 aliphatic carbocycles. The number of hydrogen-bond donors (Lipinski definition) is 1. The number of anilines is 1. The maximum absolute atomic E-state index is 12.9. The summed E-state index contributed by atoms with van der Waals surface area (Å²) >= 11 is 0. The van der Waals surface area contributed by atoms with Crippen molar-refractivity contribution in [2.75, 3.05) is 44.0 Å². The summed E-state index contributed by atoms with van der Waals surface area (Å²) in [6.07, 6.45) is -2.90. The summed E-state index contributed by atoms with van der Waals surface area (Å²) in [5, 5.41) is 11.7. The number of benzene rings is 1. The first-order chi connectivity index (χ1) is 13.9. The number of carbonyl (C=O) groups excluding carboxylic acids is 1. The number of halogens is 3. The molecule has 0 radical (unpaired) electrons. The number of hydrogen-bond acceptors (Lipinski definition) is 6. The lowest BCUT2D eigenvalue weighted by Crippen LogP contribution is -2.37. The van der Waals surface area contributed by atoms with Crippen LogP contribution in [0.4, 0.5) is 18.9 Å². The molecule has 2 rings (SSSR count). The van der Waals surface area contributed by atoms with Gasteiger partial charge in [-0.1, -0.05) is 6.07 Å². The Kier molecular flexibility index (Phi) is 7.49. The van der Waals surface area contributed by atoms with Gasteiger partial charge in [0.25, 0.3) is 5.91 Å². The van der Waals surface area contributed by atoms with Crippen molar-refractivity contribution in [3.63, 3.8) is 0 Å². The number of carbonyl (C=O) groups is 1. The highest BCUT2D eigenvalue weighted by molar-refractivity contribution is 7.91. The molecule has 1 aromatic carbocycles. The standard InChI is InChI=1S/C19H23F3N4O3S/c1-25(2)7-8-26(17-6-9-30(28,29)13-17)12-14(11-23)18(27)24-16-5-3-4-15(10-16)19(20,21)22/h3-5,10,12,17H,6-9,13H2,1-2H3,(H,24,27)/b14-12-. The quantitative estimate of drug-likeness (QED) is 0.512. The molecule has 30 heavy (non-hydrogen) atoms. The van der Waals surface area contributed by atoms with Crippen molar-refractivity contribution in [2.24, 2.45) is 0 Å². The van der Waals surface area contributed by atoms with Crippen LogP contribution in [0, 0.1) is 11.3 Å². The van der Waals surface area contributed by atoms with Gasteiger partial charge < -0.3 is 15.1 Å². The smallest absolute Gasteiger partial charge is 0.371 e. The van der Waals surface area contributed by atoms with Crippen LogP contribution in [0.5, 0.6) is 0 Å². The summed E-state index contributed by atoms with van der Waals surface area (Å²) in [6.45, 7) is 0.941. The lowest BCUT2D eigenvalue weighted by Gasteiger charge is -2.28. The average Bonchev–Trinajstić information content (AvgIpc) is 3.01. The molecule has 1 amide bonds. The van der Waals surface area contributed by atoms with Gasteiger partial charge in [0.05, 0.1) is 17.1 Å². The Morgan fingerprint density at radius 2 is 2.03 bits per heavy atom. The molecule has 1 N–H and O–H groups in total. The molecule has 1 heterocycles. The Hall–Kier alpha value is -2.58. The van der Waals surface area contributed by atoms with E-state index in [9.17, 15) is 31.6 Å². The maximum atomic E-state index is 12.9. The minimum atomic E-state index is -4.56. The lowest BCUT2D eigenvalue weighted by atomic mass is 10.1. The summed E-state index contributed by atoms with van der Waals surface area (Å²) in [5.74, 6) is -0.916. The molecule has 1 fully saturated rings. The van der Waals surface area contributed by atoms with Gasteiger partial charge in [-0.15, -0.1) is 0 Å². The Morgan fingerprint density at radius 1 is 1.33 bits per heavy atom. The fourth-order valence-corrected chi connectivity index (χ4v) is 4.72. The highest BCUT2D eigenvalue weighted by atomic mass is 32.2. The van der Waals surface area contributed by atoms with Crippen LogP contribution >= 0.6 is 0 Å². The molecule has 1 atom stereocenters. The van der Waals surface area contributed by atoms with Crippen molar-refractivity contribution in [2.45, 2.75) is 18.6 Å². The van der Waals surface area contributed by atoms with Gasteiger partial charge in [0, 0.05) is 31.0 Å². The van der Waals surface area contributed by atoms with Crippen LogP contribution in [0.25, 0.3) is 0 Å². The van der Waals surface area contributed by atoms with Gasteiger partial charge in [-0.05, 0) is 38.7 Å². The second kappa shape index (κ2) is 9.49. The average molecular weight is 444 g/mol. The van der Waals surface area contributed by atoms with Crippen LogP contribution in [-0.4, -0.2) is 68.9 Å². The number of alkyl halides is 3. The van der Waals surface area contributed by atoms with E-state index in [4.69, 9.17) is 0 Å². The molecular formula is C19H23F3N4O3S. The molecular weight excluding hydrogens is 421 g/mol. The number of nitriles is 1. The van der Waals surface area contributed by atoms with Gasteiger partial charge >= 0.3 is 6.18 Å². The van der Waals surface area contributed by atoms with Crippen LogP contribution < -0.4 is 5.32 Å². The Bertz CT molecular complexity index is 953. The van der Waals surface area contributed by atoms with E-state index in [0.717, 1.165) is 18.2 Å². The van der Waals surface area contributed by atoms with E-state index in [2.05, 4.69) is 5.32 Å². The fourth-order valence-electron chi connectivity index (χ4n) is 2.98. The van der Waals surface area contributed by atoms with E-state index in [1.54, 1.807) is 11.0 Å². The molecule has 1 unspecified atom stereocenters. The highest BCUT2D eigenvalue weighted by Crippen LogP contribution is 2.30. The third kappa shape index (κ3) is 6.74. The van der Waals surface area contributed by atoms with Gasteiger partial charge in [-0.3, -0.25) is 4.79 Å². The summed E-state index contributed by atoms with van der Waals surface area (Å²) in [6, 6.07) is 5.47. The van der Waals surface area contributed by atoms with Crippen LogP contribution in [0.2, 0.25) is 0 Å². The molecule has 1 aliphatic rings. The third-order valence-electron chi connectivity index (χ3n) is 4.59. The molecule has 164 valence electrons. The van der Waals surface area contributed by atoms with Gasteiger partial charge in [0.15, 0.2) is 9.84 Å². The van der Waals surface area contributed by atoms with Crippen molar-refractivity contribution in [1.82, 2.24) is 9.80 Å². The molecule has 11 heteroatoms. The van der Waals surface area contributed by atoms with Crippen LogP contribution in [0.15, 0.2) is 36.0 Å². The third-order valence-corrected chi connectivity index (χ3v) is 6.34. The normalized spacial score (nSPS) is 18.8. The molecule has 0 saturated carbocycles. The summed E-state index contributed by atoms with van der Waals surface area (Å²) in [7, 11) is 0.481. The van der Waals surface area contributed by atoms with E-state index in [0.29, 0.717) is 19.5 Å². The summed E-state index contributed by atoms with van der Waals surface area (Å²) < 4.78 is 62.2. The molecule has 0 spiro atoms. The Labute approximate surface area is 173 Å². The number of nitrogens with zero attached hydrogens (tertiary/aromatic N) is 3. The second-order valence-corrected chi connectivity index (χ2v) is 9.51. The van der Waals surface area contributed by atoms with E-state index < -0.39 is 27.5 Å². The number of nitrogens with one attached hydrogen (secondary N) is 1. The molecule has 0 aromatic heterocycles. The molecule has 7 nitrogen and oxygen atoms in total. The first-order valence-electron chi connectivity index (χ1n) is 9.13. The van der Waals surface area contributed by atoms with Crippen LogP contribution in [0.1, 0.15) is 12.0 Å². The zero-order valence-corrected chi connectivity index (χ0v) is 17.4. The molecule has 1 aliphatic heterocycles. The number of amides is 1. The second-order valence-electron chi connectivity index (χ2n) is 7.29. The Balaban J connectivity index is 2.23. The molecule has 1 saturated heterocycles. The lowest BCUT2D eigenvalue weighted by molar-refractivity contribution is -0.137. The topological polar surface area (TPSA) is 93.5 Å². The number of rotatable bonds is 7. The van der Waals surface area contributed by atoms with Crippen molar-refractivity contribution in [3.8, 4) is 6.07 Å². The zero-order valence-electron chi connectivity index (χ0n) is 16.6. The summed E-state index contributed by atoms with van der Waals surface area (Å²) in [5.41, 5.74) is -1.35. The van der Waals surface area contributed by atoms with E-state index in [1.807, 2.05) is 19.0 Å². The molecule has 0 bridgehead atoms. The predicted molar refractivity (Wildman–Crippen MR) is 106 cm³/mol. The van der Waals surface area contributed by atoms with E-state index >= 15 is 0 Å². The van der Waals surface area contributed by atoms with Gasteiger partial charge in [-0.25, -0.2) is 8.42 Å². The Morgan fingerprint density at radius 3 is 2.57 bits per heavy atom. The highest BCUT2D eigenvalue weighted by Gasteiger charge is 2.32. The van der Waals surface area contributed by atoms with E-state index in [-0.39, 0.29) is 28.8 Å². The first kappa shape index (κ1) is 23.7. The first-order valence-corrected chi connectivity index (χ1v) is 10.9. The maximum Gasteiger partial charge on any atom is 0.416 e. The van der Waals surface area contributed by atoms with Gasteiger partial charge in [-0.2, -0.15) is 18.4 Å². The monoisotopic (exact) mass is 444 g/mol. The van der Waals surface area contributed by atoms with Crippen LogP contribution in [-0.2, 0) is 20.8 Å². The largest absolute Gasteiger partial charge is 0.416 e. The predicted octanol–water partition coefficient (Wildman–Crippen LogP) is 2.10. The SMILES string of the molecule is CN(C)CCN(/C=C(/C#N)C(=O)Nc1cccc(C(F)(F)F)c1)C1CCS(=O)(=O)C1. The van der Waals surface area contributed by atoms with Crippen molar-refractivity contribution in [3.05, 3.63) is 41.6 Å². The van der Waals surface area contributed by atoms with Crippen molar-refractivity contribution in [1.29, 1.82) is 5.26 Å². The minimum Gasteiger partial charge on any atom is -0.371 e. The molecule has 1 aromatic rings. The van der Waals surface area contributed by atoms with Crippen molar-refractivity contribution < 1.29 is 26.4 Å². The minimum absolute atomic E-state index is 0.0300. The van der Waals surface area contributed by atoms with Gasteiger partial charge in [0.1, 0.15) is 11.6 Å². The zero-order chi connectivity index (χ0) is 22.5. The summed E-state index contributed by atoms with van der Waals surface area (Å²) in [4.78, 5) is 16.0. The fraction of sp³-hybridized carbons (Fsp3) is 0.474. The van der Waals surface area contributed by atoms with E-state index in [1.165, 1.54) is 12.3 Å². The number of sulfone groups is 1. The van der Waals surface area contributed by atoms with Crippen molar-refractivity contribution >= 4 is 21.4 Å². The number of likely N-dealkylation sites (N-methyl/N-ethyl adjacent to an activating group) is 1. The van der Waals surface area contributed by atoms with Crippen LogP contribution in [0.3, 0.4) is 0 Å². The van der Waals surface area contributed by atoms with Gasteiger partial charge in [0.2, 0.25) is 0 Å².